The van der Waals surface area contributed by atoms with Crippen molar-refractivity contribution in [3.63, 3.8) is 0 Å². The second-order valence-corrected chi connectivity index (χ2v) is 5.11. The summed E-state index contributed by atoms with van der Waals surface area (Å²) in [6.45, 7) is 1.11. The summed E-state index contributed by atoms with van der Waals surface area (Å²) < 4.78 is 0. The van der Waals surface area contributed by atoms with Crippen LogP contribution in [0.4, 0.5) is 10.5 Å². The van der Waals surface area contributed by atoms with Gasteiger partial charge in [0.1, 0.15) is 0 Å². The number of hydrogen-bond donors (Lipinski definition) is 3. The van der Waals surface area contributed by atoms with Crippen molar-refractivity contribution >= 4 is 23.3 Å². The van der Waals surface area contributed by atoms with E-state index in [1.54, 1.807) is 24.3 Å². The Labute approximate surface area is 129 Å². The summed E-state index contributed by atoms with van der Waals surface area (Å²) in [6, 6.07) is 14.8. The van der Waals surface area contributed by atoms with E-state index in [0.29, 0.717) is 23.8 Å². The molecule has 0 heterocycles. The van der Waals surface area contributed by atoms with Crippen molar-refractivity contribution in [1.82, 2.24) is 5.32 Å². The fourth-order valence-corrected chi connectivity index (χ4v) is 2.01. The lowest BCUT2D eigenvalue weighted by Gasteiger charge is -2.08. The highest BCUT2D eigenvalue weighted by Crippen LogP contribution is 2.13. The number of carbonyl (C=O) groups is 1. The van der Waals surface area contributed by atoms with Gasteiger partial charge in [0, 0.05) is 17.3 Å². The van der Waals surface area contributed by atoms with E-state index in [4.69, 9.17) is 17.3 Å². The zero-order valence-electron chi connectivity index (χ0n) is 11.6. The fourth-order valence-electron chi connectivity index (χ4n) is 1.88. The topological polar surface area (TPSA) is 67.1 Å². The molecule has 5 heteroatoms. The van der Waals surface area contributed by atoms with Gasteiger partial charge in [-0.2, -0.15) is 0 Å². The molecule has 0 unspecified atom stereocenters. The van der Waals surface area contributed by atoms with Gasteiger partial charge in [-0.05, 0) is 48.4 Å². The highest BCUT2D eigenvalue weighted by molar-refractivity contribution is 6.30. The van der Waals surface area contributed by atoms with E-state index in [0.717, 1.165) is 12.0 Å². The van der Waals surface area contributed by atoms with Crippen LogP contribution in [0.25, 0.3) is 0 Å². The smallest absolute Gasteiger partial charge is 0.319 e. The Kier molecular flexibility index (Phi) is 5.60. The number of anilines is 1. The predicted octanol–water partition coefficient (Wildman–Crippen LogP) is 3.16. The average molecular weight is 304 g/mol. The third-order valence-electron chi connectivity index (χ3n) is 3.01. The second-order valence-electron chi connectivity index (χ2n) is 4.67. The van der Waals surface area contributed by atoms with Crippen molar-refractivity contribution in [2.75, 3.05) is 11.9 Å². The molecule has 2 aromatic rings. The van der Waals surface area contributed by atoms with Gasteiger partial charge in [0.15, 0.2) is 0 Å². The van der Waals surface area contributed by atoms with Crippen LogP contribution in [0.5, 0.6) is 0 Å². The molecule has 4 N–H and O–H groups in total. The molecule has 21 heavy (non-hydrogen) atoms. The molecule has 0 radical (unpaired) electrons. The third-order valence-corrected chi connectivity index (χ3v) is 3.26. The summed E-state index contributed by atoms with van der Waals surface area (Å²) in [5, 5.41) is 6.19. The average Bonchev–Trinajstić information content (AvgIpc) is 2.49. The number of hydrogen-bond acceptors (Lipinski definition) is 2. The molecule has 0 saturated heterocycles. The van der Waals surface area contributed by atoms with Crippen molar-refractivity contribution in [3.8, 4) is 0 Å². The quantitative estimate of drug-likeness (QED) is 0.794. The zero-order valence-corrected chi connectivity index (χ0v) is 12.4. The molecule has 2 amide bonds. The molecule has 0 aliphatic rings. The molecule has 110 valence electrons. The molecule has 0 atom stereocenters. The Morgan fingerprint density at radius 1 is 1.00 bits per heavy atom. The van der Waals surface area contributed by atoms with Gasteiger partial charge < -0.3 is 16.4 Å². The summed E-state index contributed by atoms with van der Waals surface area (Å²) in [5.41, 5.74) is 8.45. The Hall–Kier alpha value is -2.04. The van der Waals surface area contributed by atoms with E-state index in [2.05, 4.69) is 10.6 Å². The number of benzene rings is 2. The predicted molar refractivity (Wildman–Crippen MR) is 86.5 cm³/mol. The Morgan fingerprint density at radius 3 is 2.24 bits per heavy atom. The molecular weight excluding hydrogens is 286 g/mol. The number of rotatable bonds is 5. The first-order valence-electron chi connectivity index (χ1n) is 6.75. The molecule has 0 fully saturated rings. The number of nitrogens with two attached hydrogens (primary N) is 1. The van der Waals surface area contributed by atoms with Crippen molar-refractivity contribution in [1.29, 1.82) is 0 Å². The number of halogens is 1. The van der Waals surface area contributed by atoms with Crippen molar-refractivity contribution in [2.24, 2.45) is 5.73 Å². The molecule has 4 nitrogen and oxygen atoms in total. The lowest BCUT2D eigenvalue weighted by atomic mass is 10.1. The normalized spacial score (nSPS) is 10.2. The monoisotopic (exact) mass is 303 g/mol. The van der Waals surface area contributed by atoms with E-state index in [-0.39, 0.29) is 6.03 Å². The van der Waals surface area contributed by atoms with Gasteiger partial charge in [-0.3, -0.25) is 0 Å². The molecule has 0 aliphatic carbocycles. The SMILES string of the molecule is NCCc1ccc(CNC(=O)Nc2ccc(Cl)cc2)cc1. The van der Waals surface area contributed by atoms with Crippen LogP contribution < -0.4 is 16.4 Å². The van der Waals surface area contributed by atoms with Gasteiger partial charge in [0.2, 0.25) is 0 Å². The molecule has 2 rings (SSSR count). The molecule has 0 bridgehead atoms. The lowest BCUT2D eigenvalue weighted by molar-refractivity contribution is 0.251. The minimum absolute atomic E-state index is 0.247. The standard InChI is InChI=1S/C16H18ClN3O/c17-14-5-7-15(8-6-14)20-16(21)19-11-13-3-1-12(2-4-13)9-10-18/h1-8H,9-11,18H2,(H2,19,20,21). The molecule has 0 spiro atoms. The maximum absolute atomic E-state index is 11.8. The van der Waals surface area contributed by atoms with Crippen LogP contribution in [0, 0.1) is 0 Å². The largest absolute Gasteiger partial charge is 0.334 e. The Balaban J connectivity index is 1.81. The summed E-state index contributed by atoms with van der Waals surface area (Å²) in [5.74, 6) is 0. The van der Waals surface area contributed by atoms with E-state index in [1.165, 1.54) is 5.56 Å². The first-order chi connectivity index (χ1) is 10.2. The second kappa shape index (κ2) is 7.67. The first-order valence-corrected chi connectivity index (χ1v) is 7.13. The minimum atomic E-state index is -0.247. The van der Waals surface area contributed by atoms with Crippen molar-refractivity contribution in [2.45, 2.75) is 13.0 Å². The molecular formula is C16H18ClN3O. The van der Waals surface area contributed by atoms with Crippen LogP contribution in [-0.4, -0.2) is 12.6 Å². The number of nitrogens with one attached hydrogen (secondary N) is 2. The number of amides is 2. The van der Waals surface area contributed by atoms with Crippen LogP contribution in [0.3, 0.4) is 0 Å². The van der Waals surface area contributed by atoms with E-state index in [9.17, 15) is 4.79 Å². The van der Waals surface area contributed by atoms with Gasteiger partial charge in [-0.1, -0.05) is 35.9 Å². The molecule has 0 saturated carbocycles. The highest BCUT2D eigenvalue weighted by Gasteiger charge is 2.02. The van der Waals surface area contributed by atoms with Crippen LogP contribution in [0.2, 0.25) is 5.02 Å². The van der Waals surface area contributed by atoms with Gasteiger partial charge in [0.05, 0.1) is 0 Å². The highest BCUT2D eigenvalue weighted by atomic mass is 35.5. The Bertz CT molecular complexity index is 581. The summed E-state index contributed by atoms with van der Waals surface area (Å²) >= 11 is 5.79. The number of carbonyl (C=O) groups excluding carboxylic acids is 1. The van der Waals surface area contributed by atoms with Crippen molar-refractivity contribution < 1.29 is 4.79 Å². The van der Waals surface area contributed by atoms with Gasteiger partial charge >= 0.3 is 6.03 Å². The lowest BCUT2D eigenvalue weighted by Crippen LogP contribution is -2.28. The molecule has 2 aromatic carbocycles. The van der Waals surface area contributed by atoms with Gasteiger partial charge in [-0.15, -0.1) is 0 Å². The summed E-state index contributed by atoms with van der Waals surface area (Å²) in [4.78, 5) is 11.8. The Morgan fingerprint density at radius 2 is 1.62 bits per heavy atom. The first kappa shape index (κ1) is 15.4. The van der Waals surface area contributed by atoms with Crippen molar-refractivity contribution in [3.05, 3.63) is 64.7 Å². The van der Waals surface area contributed by atoms with Crippen LogP contribution in [-0.2, 0) is 13.0 Å². The maximum Gasteiger partial charge on any atom is 0.319 e. The van der Waals surface area contributed by atoms with E-state index < -0.39 is 0 Å². The zero-order chi connectivity index (χ0) is 15.1. The van der Waals surface area contributed by atoms with Crippen LogP contribution in [0.1, 0.15) is 11.1 Å². The summed E-state index contributed by atoms with van der Waals surface area (Å²) in [7, 11) is 0. The van der Waals surface area contributed by atoms with Gasteiger partial charge in [0.25, 0.3) is 0 Å². The number of urea groups is 1. The summed E-state index contributed by atoms with van der Waals surface area (Å²) in [6.07, 6.45) is 0.866. The third kappa shape index (κ3) is 5.10. The van der Waals surface area contributed by atoms with E-state index in [1.807, 2.05) is 24.3 Å². The van der Waals surface area contributed by atoms with Crippen LogP contribution in [0.15, 0.2) is 48.5 Å². The fraction of sp³-hybridized carbons (Fsp3) is 0.188. The van der Waals surface area contributed by atoms with Crippen LogP contribution >= 0.6 is 11.6 Å². The molecule has 0 aromatic heterocycles. The maximum atomic E-state index is 11.8. The van der Waals surface area contributed by atoms with Gasteiger partial charge in [-0.25, -0.2) is 4.79 Å². The minimum Gasteiger partial charge on any atom is -0.334 e. The van der Waals surface area contributed by atoms with E-state index >= 15 is 0 Å². The molecule has 0 aliphatic heterocycles.